The first-order valence-corrected chi connectivity index (χ1v) is 5.13. The van der Waals surface area contributed by atoms with E-state index in [1.165, 1.54) is 0 Å². The van der Waals surface area contributed by atoms with Gasteiger partial charge in [0.1, 0.15) is 5.75 Å². The summed E-state index contributed by atoms with van der Waals surface area (Å²) in [5.41, 5.74) is 6.79. The van der Waals surface area contributed by atoms with Gasteiger partial charge in [0.25, 0.3) is 0 Å². The van der Waals surface area contributed by atoms with E-state index in [4.69, 9.17) is 10.5 Å². The summed E-state index contributed by atoms with van der Waals surface area (Å²) in [4.78, 5) is 0. The molecule has 0 radical (unpaired) electrons. The number of methoxy groups -OCH3 is 1. The first-order chi connectivity index (χ1) is 6.95. The largest absolute Gasteiger partial charge is 0.497 e. The lowest BCUT2D eigenvalue weighted by atomic mass is 9.96. The zero-order valence-corrected chi connectivity index (χ0v) is 9.87. The second-order valence-corrected chi connectivity index (χ2v) is 4.37. The molecule has 0 amide bonds. The number of rotatable bonds is 4. The van der Waals surface area contributed by atoms with Crippen molar-refractivity contribution in [1.82, 2.24) is 0 Å². The van der Waals surface area contributed by atoms with Crippen LogP contribution in [0.15, 0.2) is 24.3 Å². The van der Waals surface area contributed by atoms with Crippen LogP contribution in [-0.2, 0) is 0 Å². The number of hydrogen-bond acceptors (Lipinski definition) is 3. The third-order valence-electron chi connectivity index (χ3n) is 2.67. The molecule has 0 heterocycles. The van der Waals surface area contributed by atoms with E-state index < -0.39 is 0 Å². The Hall–Kier alpha value is -1.22. The minimum atomic E-state index is -0.133. The highest BCUT2D eigenvalue weighted by Gasteiger charge is 2.22. The molecule has 0 aromatic heterocycles. The van der Waals surface area contributed by atoms with Gasteiger partial charge in [-0.05, 0) is 32.9 Å². The van der Waals surface area contributed by atoms with Crippen LogP contribution in [0.1, 0.15) is 20.8 Å². The van der Waals surface area contributed by atoms with E-state index >= 15 is 0 Å². The van der Waals surface area contributed by atoms with E-state index in [0.29, 0.717) is 0 Å². The van der Waals surface area contributed by atoms with Crippen molar-refractivity contribution >= 4 is 5.69 Å². The summed E-state index contributed by atoms with van der Waals surface area (Å²) in [5.74, 6) is 0.848. The zero-order chi connectivity index (χ0) is 11.5. The van der Waals surface area contributed by atoms with Crippen LogP contribution < -0.4 is 15.8 Å². The van der Waals surface area contributed by atoms with Gasteiger partial charge in [0.15, 0.2) is 0 Å². The van der Waals surface area contributed by atoms with E-state index in [0.717, 1.165) is 11.4 Å². The first-order valence-electron chi connectivity index (χ1n) is 5.13. The monoisotopic (exact) mass is 208 g/mol. The third kappa shape index (κ3) is 3.13. The van der Waals surface area contributed by atoms with E-state index in [9.17, 15) is 0 Å². The Labute approximate surface area is 91.6 Å². The molecule has 3 N–H and O–H groups in total. The van der Waals surface area contributed by atoms with Gasteiger partial charge in [-0.25, -0.2) is 0 Å². The molecule has 0 aliphatic carbocycles. The molecule has 0 saturated heterocycles. The molecule has 0 spiro atoms. The fourth-order valence-electron chi connectivity index (χ4n) is 1.19. The highest BCUT2D eigenvalue weighted by molar-refractivity contribution is 5.50. The number of anilines is 1. The lowest BCUT2D eigenvalue weighted by Crippen LogP contribution is -2.47. The molecule has 0 aliphatic heterocycles. The van der Waals surface area contributed by atoms with Crippen LogP contribution in [0.5, 0.6) is 5.75 Å². The number of ether oxygens (including phenoxy) is 1. The van der Waals surface area contributed by atoms with Crippen LogP contribution in [0.25, 0.3) is 0 Å². The lowest BCUT2D eigenvalue weighted by molar-refractivity contribution is 0.414. The molecule has 0 aliphatic rings. The molecule has 1 rings (SSSR count). The van der Waals surface area contributed by atoms with E-state index in [1.807, 2.05) is 31.2 Å². The SMILES string of the molecule is COc1cccc(NC(C)(C)C(C)N)c1. The lowest BCUT2D eigenvalue weighted by Gasteiger charge is -2.31. The molecule has 84 valence electrons. The van der Waals surface area contributed by atoms with Crippen molar-refractivity contribution in [2.24, 2.45) is 5.73 Å². The van der Waals surface area contributed by atoms with Crippen LogP contribution in [0.2, 0.25) is 0 Å². The predicted octanol–water partition coefficient (Wildman–Crippen LogP) is 2.23. The second-order valence-electron chi connectivity index (χ2n) is 4.37. The maximum absolute atomic E-state index is 5.89. The summed E-state index contributed by atoms with van der Waals surface area (Å²) in [7, 11) is 1.66. The van der Waals surface area contributed by atoms with Gasteiger partial charge in [0.05, 0.1) is 7.11 Å². The maximum atomic E-state index is 5.89. The Balaban J connectivity index is 2.80. The van der Waals surface area contributed by atoms with Crippen LogP contribution in [0.3, 0.4) is 0 Å². The highest BCUT2D eigenvalue weighted by atomic mass is 16.5. The maximum Gasteiger partial charge on any atom is 0.120 e. The molecule has 3 nitrogen and oxygen atoms in total. The van der Waals surface area contributed by atoms with Crippen molar-refractivity contribution in [3.8, 4) is 5.75 Å². The Morgan fingerprint density at radius 3 is 2.60 bits per heavy atom. The summed E-state index contributed by atoms with van der Waals surface area (Å²) in [6, 6.07) is 7.92. The van der Waals surface area contributed by atoms with E-state index in [-0.39, 0.29) is 11.6 Å². The number of benzene rings is 1. The molecule has 1 atom stereocenters. The van der Waals surface area contributed by atoms with E-state index in [2.05, 4.69) is 19.2 Å². The summed E-state index contributed by atoms with van der Waals surface area (Å²) in [6.07, 6.45) is 0. The Morgan fingerprint density at radius 1 is 1.40 bits per heavy atom. The first kappa shape index (κ1) is 11.9. The molecule has 0 saturated carbocycles. The van der Waals surface area contributed by atoms with Crippen molar-refractivity contribution in [1.29, 1.82) is 0 Å². The van der Waals surface area contributed by atoms with Crippen molar-refractivity contribution in [2.45, 2.75) is 32.4 Å². The quantitative estimate of drug-likeness (QED) is 0.797. The predicted molar refractivity (Wildman–Crippen MR) is 64.3 cm³/mol. The molecule has 3 heteroatoms. The summed E-state index contributed by atoms with van der Waals surface area (Å²) in [6.45, 7) is 6.15. The van der Waals surface area contributed by atoms with Gasteiger partial charge in [-0.1, -0.05) is 6.07 Å². The number of hydrogen-bond donors (Lipinski definition) is 2. The van der Waals surface area contributed by atoms with Crippen molar-refractivity contribution in [3.63, 3.8) is 0 Å². The van der Waals surface area contributed by atoms with Crippen LogP contribution in [0.4, 0.5) is 5.69 Å². The number of nitrogens with one attached hydrogen (secondary N) is 1. The van der Waals surface area contributed by atoms with Gasteiger partial charge >= 0.3 is 0 Å². The minimum Gasteiger partial charge on any atom is -0.497 e. The summed E-state index contributed by atoms with van der Waals surface area (Å²) in [5, 5.41) is 3.39. The molecule has 1 aromatic rings. The third-order valence-corrected chi connectivity index (χ3v) is 2.67. The summed E-state index contributed by atoms with van der Waals surface area (Å²) >= 11 is 0. The molecular weight excluding hydrogens is 188 g/mol. The zero-order valence-electron chi connectivity index (χ0n) is 9.87. The van der Waals surface area contributed by atoms with Crippen molar-refractivity contribution in [2.75, 3.05) is 12.4 Å². The number of nitrogens with two attached hydrogens (primary N) is 1. The van der Waals surface area contributed by atoms with Gasteiger partial charge in [-0.2, -0.15) is 0 Å². The van der Waals surface area contributed by atoms with Crippen LogP contribution in [0, 0.1) is 0 Å². The molecule has 1 aromatic carbocycles. The fraction of sp³-hybridized carbons (Fsp3) is 0.500. The fourth-order valence-corrected chi connectivity index (χ4v) is 1.19. The van der Waals surface area contributed by atoms with Gasteiger partial charge in [0, 0.05) is 23.3 Å². The Morgan fingerprint density at radius 2 is 2.07 bits per heavy atom. The van der Waals surface area contributed by atoms with Crippen molar-refractivity contribution < 1.29 is 4.74 Å². The molecule has 1 unspecified atom stereocenters. The molecule has 15 heavy (non-hydrogen) atoms. The standard InChI is InChI=1S/C12H20N2O/c1-9(13)12(2,3)14-10-6-5-7-11(8-10)15-4/h5-9,14H,13H2,1-4H3. The van der Waals surface area contributed by atoms with Crippen LogP contribution >= 0.6 is 0 Å². The smallest absolute Gasteiger partial charge is 0.120 e. The topological polar surface area (TPSA) is 47.3 Å². The average molecular weight is 208 g/mol. The van der Waals surface area contributed by atoms with Gasteiger partial charge in [-0.15, -0.1) is 0 Å². The minimum absolute atomic E-state index is 0.0729. The van der Waals surface area contributed by atoms with Gasteiger partial charge in [0.2, 0.25) is 0 Å². The molecule has 0 bridgehead atoms. The van der Waals surface area contributed by atoms with Gasteiger partial charge in [-0.3, -0.25) is 0 Å². The van der Waals surface area contributed by atoms with Crippen LogP contribution in [-0.4, -0.2) is 18.7 Å². The average Bonchev–Trinajstić information content (AvgIpc) is 2.17. The summed E-state index contributed by atoms with van der Waals surface area (Å²) < 4.78 is 5.16. The molecule has 0 fully saturated rings. The van der Waals surface area contributed by atoms with Crippen molar-refractivity contribution in [3.05, 3.63) is 24.3 Å². The normalized spacial score (nSPS) is 13.4. The van der Waals surface area contributed by atoms with Gasteiger partial charge < -0.3 is 15.8 Å². The Bertz CT molecular complexity index is 321. The molecular formula is C12H20N2O. The Kier molecular flexibility index (Phi) is 3.58. The van der Waals surface area contributed by atoms with E-state index in [1.54, 1.807) is 7.11 Å². The second kappa shape index (κ2) is 4.53. The highest BCUT2D eigenvalue weighted by Crippen LogP contribution is 2.21.